The van der Waals surface area contributed by atoms with Crippen LogP contribution < -0.4 is 0 Å². The lowest BCUT2D eigenvalue weighted by Crippen LogP contribution is -2.42. The summed E-state index contributed by atoms with van der Waals surface area (Å²) in [7, 11) is 0. The third kappa shape index (κ3) is 11.2. The molecule has 3 N–H and O–H groups in total. The van der Waals surface area contributed by atoms with Gasteiger partial charge in [-0.2, -0.15) is 0 Å². The molecule has 1 aliphatic heterocycles. The van der Waals surface area contributed by atoms with E-state index in [1.807, 2.05) is 0 Å². The molecule has 5 heteroatoms. The fourth-order valence-electron chi connectivity index (χ4n) is 3.42. The fraction of sp³-hybridized carbons (Fsp3) is 0.909. The summed E-state index contributed by atoms with van der Waals surface area (Å²) in [6.45, 7) is 2.68. The number of aliphatic hydroxyl groups excluding tert-OH is 3. The lowest BCUT2D eigenvalue weighted by Gasteiger charge is -2.24. The molecule has 4 atom stereocenters. The minimum absolute atomic E-state index is 0.0981. The summed E-state index contributed by atoms with van der Waals surface area (Å²) in [5.41, 5.74) is 0. The maximum Gasteiger partial charge on any atom is 0.114 e. The first kappa shape index (κ1) is 24.6. The van der Waals surface area contributed by atoms with Gasteiger partial charge in [0.15, 0.2) is 0 Å². The summed E-state index contributed by atoms with van der Waals surface area (Å²) in [6.07, 6.45) is 16.5. The monoisotopic (exact) mass is 386 g/mol. The molecule has 0 unspecified atom stereocenters. The van der Waals surface area contributed by atoms with Gasteiger partial charge in [0.05, 0.1) is 13.2 Å². The second kappa shape index (κ2) is 16.5. The molecule has 0 spiro atoms. The number of hydrogen-bond acceptors (Lipinski definition) is 5. The Morgan fingerprint density at radius 1 is 0.926 bits per heavy atom. The molecule has 0 radical (unpaired) electrons. The van der Waals surface area contributed by atoms with Gasteiger partial charge in [0.2, 0.25) is 0 Å². The molecule has 0 aromatic heterocycles. The molecule has 0 saturated carbocycles. The van der Waals surface area contributed by atoms with Gasteiger partial charge in [-0.1, -0.05) is 70.4 Å². The molecule has 0 aromatic rings. The van der Waals surface area contributed by atoms with Crippen LogP contribution in [0.4, 0.5) is 0 Å². The van der Waals surface area contributed by atoms with Crippen LogP contribution in [-0.2, 0) is 9.47 Å². The highest BCUT2D eigenvalue weighted by Crippen LogP contribution is 2.20. The summed E-state index contributed by atoms with van der Waals surface area (Å²) in [5.74, 6) is 0. The van der Waals surface area contributed by atoms with Crippen molar-refractivity contribution in [2.24, 2.45) is 0 Å². The van der Waals surface area contributed by atoms with Crippen LogP contribution in [0, 0.1) is 0 Å². The molecule has 0 aromatic carbocycles. The van der Waals surface area contributed by atoms with Gasteiger partial charge in [0.1, 0.15) is 24.4 Å². The molecular weight excluding hydrogens is 344 g/mol. The van der Waals surface area contributed by atoms with E-state index in [-0.39, 0.29) is 13.2 Å². The summed E-state index contributed by atoms with van der Waals surface area (Å²) in [4.78, 5) is 0. The third-order valence-electron chi connectivity index (χ3n) is 5.22. The van der Waals surface area contributed by atoms with E-state index in [2.05, 4.69) is 19.1 Å². The molecule has 1 saturated heterocycles. The van der Waals surface area contributed by atoms with Crippen molar-refractivity contribution in [3.8, 4) is 0 Å². The number of hydrogen-bond donors (Lipinski definition) is 3. The zero-order valence-corrected chi connectivity index (χ0v) is 17.2. The van der Waals surface area contributed by atoms with Crippen LogP contribution in [0.2, 0.25) is 0 Å². The predicted octanol–water partition coefficient (Wildman–Crippen LogP) is 3.74. The van der Waals surface area contributed by atoms with Gasteiger partial charge in [0.25, 0.3) is 0 Å². The predicted molar refractivity (Wildman–Crippen MR) is 109 cm³/mol. The van der Waals surface area contributed by atoms with Gasteiger partial charge in [0, 0.05) is 6.61 Å². The highest BCUT2D eigenvalue weighted by Gasteiger charge is 2.40. The van der Waals surface area contributed by atoms with E-state index in [1.54, 1.807) is 0 Å². The van der Waals surface area contributed by atoms with Gasteiger partial charge in [-0.05, 0) is 25.7 Å². The number of unbranched alkanes of at least 4 members (excludes halogenated alkanes) is 10. The summed E-state index contributed by atoms with van der Waals surface area (Å²) in [6, 6.07) is 0. The van der Waals surface area contributed by atoms with Crippen molar-refractivity contribution in [1.82, 2.24) is 0 Å². The first-order valence-corrected chi connectivity index (χ1v) is 11.1. The van der Waals surface area contributed by atoms with Crippen LogP contribution in [0.1, 0.15) is 84.0 Å². The van der Waals surface area contributed by atoms with E-state index in [1.165, 1.54) is 64.2 Å². The van der Waals surface area contributed by atoms with Gasteiger partial charge in [-0.25, -0.2) is 0 Å². The topological polar surface area (TPSA) is 79.2 Å². The normalized spacial score (nSPS) is 24.1. The molecule has 1 rings (SSSR count). The lowest BCUT2D eigenvalue weighted by atomic mass is 10.1. The maximum atomic E-state index is 9.81. The number of ether oxygens (including phenoxy) is 2. The average molecular weight is 387 g/mol. The van der Waals surface area contributed by atoms with Crippen molar-refractivity contribution in [3.63, 3.8) is 0 Å². The Bertz CT molecular complexity index is 361. The number of allylic oxidation sites excluding steroid dienone is 2. The standard InChI is InChI=1S/C22H42O5/c1-2-3-4-5-6-7-8-9-10-11-12-13-14-15-16-26-20(17-23)22-21(25)19(24)18-27-22/h5-6,19-25H,2-4,7-18H2,1H3/b6-5+/t19-,20+,21+,22+/m0/s1. The van der Waals surface area contributed by atoms with Gasteiger partial charge < -0.3 is 24.8 Å². The minimum Gasteiger partial charge on any atom is -0.394 e. The summed E-state index contributed by atoms with van der Waals surface area (Å²) < 4.78 is 11.0. The van der Waals surface area contributed by atoms with E-state index in [4.69, 9.17) is 9.47 Å². The summed E-state index contributed by atoms with van der Waals surface area (Å²) in [5, 5.41) is 28.7. The van der Waals surface area contributed by atoms with E-state index in [0.29, 0.717) is 6.61 Å². The van der Waals surface area contributed by atoms with Crippen LogP contribution in [-0.4, -0.2) is 59.6 Å². The van der Waals surface area contributed by atoms with E-state index >= 15 is 0 Å². The molecule has 1 heterocycles. The van der Waals surface area contributed by atoms with Crippen LogP contribution in [0.25, 0.3) is 0 Å². The first-order valence-electron chi connectivity index (χ1n) is 11.1. The molecule has 5 nitrogen and oxygen atoms in total. The smallest absolute Gasteiger partial charge is 0.114 e. The third-order valence-corrected chi connectivity index (χ3v) is 5.22. The zero-order chi connectivity index (χ0) is 19.7. The molecule has 1 aliphatic rings. The van der Waals surface area contributed by atoms with Gasteiger partial charge in [-0.3, -0.25) is 0 Å². The van der Waals surface area contributed by atoms with Crippen molar-refractivity contribution in [1.29, 1.82) is 0 Å². The Hall–Kier alpha value is -0.460. The van der Waals surface area contributed by atoms with Crippen LogP contribution in [0.3, 0.4) is 0 Å². The minimum atomic E-state index is -0.978. The second-order valence-electron chi connectivity index (χ2n) is 7.68. The van der Waals surface area contributed by atoms with E-state index in [0.717, 1.165) is 12.8 Å². The van der Waals surface area contributed by atoms with Gasteiger partial charge >= 0.3 is 0 Å². The fourth-order valence-corrected chi connectivity index (χ4v) is 3.42. The van der Waals surface area contributed by atoms with Crippen molar-refractivity contribution in [2.45, 2.75) is 108 Å². The van der Waals surface area contributed by atoms with Crippen molar-refractivity contribution in [2.75, 3.05) is 19.8 Å². The second-order valence-corrected chi connectivity index (χ2v) is 7.68. The molecule has 0 aliphatic carbocycles. The Kier molecular flexibility index (Phi) is 15.0. The zero-order valence-electron chi connectivity index (χ0n) is 17.2. The van der Waals surface area contributed by atoms with Crippen LogP contribution >= 0.6 is 0 Å². The molecule has 1 fully saturated rings. The van der Waals surface area contributed by atoms with Gasteiger partial charge in [-0.15, -0.1) is 0 Å². The maximum absolute atomic E-state index is 9.81. The molecule has 160 valence electrons. The Labute approximate surface area is 165 Å². The highest BCUT2D eigenvalue weighted by atomic mass is 16.6. The average Bonchev–Trinajstić information content (AvgIpc) is 3.00. The summed E-state index contributed by atoms with van der Waals surface area (Å²) >= 11 is 0. The number of rotatable bonds is 17. The molecule has 0 bridgehead atoms. The van der Waals surface area contributed by atoms with Crippen molar-refractivity contribution < 1.29 is 24.8 Å². The first-order chi connectivity index (χ1) is 13.2. The largest absolute Gasteiger partial charge is 0.394 e. The Balaban J connectivity index is 1.88. The molecular formula is C22H42O5. The number of aliphatic hydroxyl groups is 3. The van der Waals surface area contributed by atoms with E-state index < -0.39 is 24.4 Å². The van der Waals surface area contributed by atoms with Crippen molar-refractivity contribution in [3.05, 3.63) is 12.2 Å². The highest BCUT2D eigenvalue weighted by molar-refractivity contribution is 4.88. The van der Waals surface area contributed by atoms with E-state index in [9.17, 15) is 15.3 Å². The SMILES string of the molecule is CCCC/C=C/CCCCCCCCCCO[C@H](CO)[C@H]1OC[C@H](O)[C@H]1O. The van der Waals surface area contributed by atoms with Crippen LogP contribution in [0.15, 0.2) is 12.2 Å². The molecule has 27 heavy (non-hydrogen) atoms. The van der Waals surface area contributed by atoms with Crippen molar-refractivity contribution >= 4 is 0 Å². The Morgan fingerprint density at radius 3 is 2.07 bits per heavy atom. The molecule has 0 amide bonds. The quantitative estimate of drug-likeness (QED) is 0.262. The lowest BCUT2D eigenvalue weighted by molar-refractivity contribution is -0.101. The van der Waals surface area contributed by atoms with Crippen LogP contribution in [0.5, 0.6) is 0 Å². The Morgan fingerprint density at radius 2 is 1.52 bits per heavy atom.